The van der Waals surface area contributed by atoms with Gasteiger partial charge in [-0.2, -0.15) is 0 Å². The van der Waals surface area contributed by atoms with E-state index < -0.39 is 0 Å². The highest BCUT2D eigenvalue weighted by molar-refractivity contribution is 6.20. The standard InChI is InChI=1S/C10H15Cl/c11-10-5-6-3-7-1-2-8(10)9(7)4-6/h6-10H,1-5H2/t6-,7+,8+,9-,10+/m1/s1. The smallest absolute Gasteiger partial charge is 0.0369 e. The van der Waals surface area contributed by atoms with Gasteiger partial charge in [0.05, 0.1) is 0 Å². The summed E-state index contributed by atoms with van der Waals surface area (Å²) in [5.74, 6) is 4.08. The molecule has 3 fully saturated rings. The first kappa shape index (κ1) is 6.77. The number of alkyl halides is 1. The van der Waals surface area contributed by atoms with Gasteiger partial charge in [0.1, 0.15) is 0 Å². The summed E-state index contributed by atoms with van der Waals surface area (Å²) in [6.07, 6.45) is 7.31. The van der Waals surface area contributed by atoms with Crippen LogP contribution in [0.15, 0.2) is 0 Å². The number of halogens is 1. The first-order chi connectivity index (χ1) is 5.34. The molecule has 0 aromatic carbocycles. The summed E-state index contributed by atoms with van der Waals surface area (Å²) >= 11 is 6.34. The summed E-state index contributed by atoms with van der Waals surface area (Å²) in [6, 6.07) is 0. The van der Waals surface area contributed by atoms with E-state index in [4.69, 9.17) is 11.6 Å². The third-order valence-electron chi connectivity index (χ3n) is 4.29. The SMILES string of the molecule is Cl[C@H]1C[C@@H]2C[C@@H]3CC[C@H]1[C@@H]3C2. The molecule has 3 aliphatic carbocycles. The van der Waals surface area contributed by atoms with Crippen molar-refractivity contribution < 1.29 is 0 Å². The van der Waals surface area contributed by atoms with E-state index in [1.54, 1.807) is 0 Å². The van der Waals surface area contributed by atoms with Crippen LogP contribution >= 0.6 is 11.6 Å². The maximum Gasteiger partial charge on any atom is 0.0369 e. The molecular weight excluding hydrogens is 156 g/mol. The first-order valence-electron chi connectivity index (χ1n) is 4.98. The van der Waals surface area contributed by atoms with Crippen LogP contribution in [0.4, 0.5) is 0 Å². The molecule has 11 heavy (non-hydrogen) atoms. The van der Waals surface area contributed by atoms with E-state index in [-0.39, 0.29) is 0 Å². The van der Waals surface area contributed by atoms with Crippen LogP contribution in [-0.4, -0.2) is 5.38 Å². The van der Waals surface area contributed by atoms with Gasteiger partial charge in [-0.25, -0.2) is 0 Å². The summed E-state index contributed by atoms with van der Waals surface area (Å²) in [7, 11) is 0. The normalized spacial score (nSPS) is 60.3. The quantitative estimate of drug-likeness (QED) is 0.491. The second-order valence-electron chi connectivity index (χ2n) is 4.75. The molecule has 0 amide bonds. The summed E-state index contributed by atoms with van der Waals surface area (Å²) in [4.78, 5) is 0. The Balaban J connectivity index is 1.94. The molecule has 3 rings (SSSR count). The summed E-state index contributed by atoms with van der Waals surface area (Å²) in [5, 5.41) is 0.547. The molecule has 0 unspecified atom stereocenters. The Morgan fingerprint density at radius 3 is 2.73 bits per heavy atom. The third kappa shape index (κ3) is 0.824. The molecule has 62 valence electrons. The van der Waals surface area contributed by atoms with Crippen molar-refractivity contribution in [3.63, 3.8) is 0 Å². The minimum atomic E-state index is 0.547. The van der Waals surface area contributed by atoms with E-state index in [2.05, 4.69) is 0 Å². The van der Waals surface area contributed by atoms with Crippen LogP contribution in [0.3, 0.4) is 0 Å². The lowest BCUT2D eigenvalue weighted by atomic mass is 9.80. The molecular formula is C10H15Cl. The Bertz CT molecular complexity index is 173. The fourth-order valence-electron chi connectivity index (χ4n) is 3.89. The second kappa shape index (κ2) is 2.16. The zero-order valence-electron chi connectivity index (χ0n) is 6.80. The van der Waals surface area contributed by atoms with Gasteiger partial charge in [0.2, 0.25) is 0 Å². The fourth-order valence-corrected chi connectivity index (χ4v) is 4.45. The van der Waals surface area contributed by atoms with Gasteiger partial charge in [-0.1, -0.05) is 0 Å². The van der Waals surface area contributed by atoms with Gasteiger partial charge in [-0.05, 0) is 55.8 Å². The van der Waals surface area contributed by atoms with Gasteiger partial charge in [-0.3, -0.25) is 0 Å². The molecule has 0 nitrogen and oxygen atoms in total. The molecule has 0 aromatic heterocycles. The highest BCUT2D eigenvalue weighted by atomic mass is 35.5. The van der Waals surface area contributed by atoms with E-state index in [0.29, 0.717) is 5.38 Å². The van der Waals surface area contributed by atoms with Gasteiger partial charge in [0.15, 0.2) is 0 Å². The Labute approximate surface area is 73.3 Å². The van der Waals surface area contributed by atoms with Crippen molar-refractivity contribution in [2.24, 2.45) is 23.7 Å². The van der Waals surface area contributed by atoms with E-state index >= 15 is 0 Å². The predicted molar refractivity (Wildman–Crippen MR) is 46.7 cm³/mol. The second-order valence-corrected chi connectivity index (χ2v) is 5.31. The number of hydrogen-bond acceptors (Lipinski definition) is 0. The lowest BCUT2D eigenvalue weighted by Crippen LogP contribution is -2.26. The van der Waals surface area contributed by atoms with E-state index in [0.717, 1.165) is 23.7 Å². The zero-order chi connectivity index (χ0) is 7.42. The van der Waals surface area contributed by atoms with E-state index in [1.165, 1.54) is 32.1 Å². The molecule has 3 saturated carbocycles. The minimum absolute atomic E-state index is 0.547. The maximum absolute atomic E-state index is 6.34. The largest absolute Gasteiger partial charge is 0.123 e. The highest BCUT2D eigenvalue weighted by Crippen LogP contribution is 2.57. The van der Waals surface area contributed by atoms with Crippen molar-refractivity contribution >= 4 is 11.6 Å². The van der Waals surface area contributed by atoms with Crippen molar-refractivity contribution in [2.75, 3.05) is 0 Å². The van der Waals surface area contributed by atoms with Crippen molar-refractivity contribution in [1.82, 2.24) is 0 Å². The molecule has 0 saturated heterocycles. The Hall–Kier alpha value is 0.290. The van der Waals surface area contributed by atoms with Gasteiger partial charge < -0.3 is 0 Å². The van der Waals surface area contributed by atoms with Crippen LogP contribution in [0.1, 0.15) is 32.1 Å². The maximum atomic E-state index is 6.34. The fraction of sp³-hybridized carbons (Fsp3) is 1.00. The average Bonchev–Trinajstić information content (AvgIpc) is 2.40. The Morgan fingerprint density at radius 2 is 1.82 bits per heavy atom. The van der Waals surface area contributed by atoms with Crippen LogP contribution < -0.4 is 0 Å². The molecule has 0 heterocycles. The predicted octanol–water partition coefficient (Wildman–Crippen LogP) is 3.05. The summed E-state index contributed by atoms with van der Waals surface area (Å²) in [6.45, 7) is 0. The van der Waals surface area contributed by atoms with E-state index in [1.807, 2.05) is 0 Å². The van der Waals surface area contributed by atoms with Crippen LogP contribution in [-0.2, 0) is 0 Å². The molecule has 0 N–H and O–H groups in total. The molecule has 0 radical (unpaired) electrons. The van der Waals surface area contributed by atoms with Crippen molar-refractivity contribution in [3.05, 3.63) is 0 Å². The molecule has 0 aromatic rings. The van der Waals surface area contributed by atoms with Gasteiger partial charge >= 0.3 is 0 Å². The van der Waals surface area contributed by atoms with Crippen LogP contribution in [0.25, 0.3) is 0 Å². The Kier molecular flexibility index (Phi) is 1.33. The highest BCUT2D eigenvalue weighted by Gasteiger charge is 2.49. The topological polar surface area (TPSA) is 0 Å². The van der Waals surface area contributed by atoms with E-state index in [9.17, 15) is 0 Å². The lowest BCUT2D eigenvalue weighted by Gasteiger charge is -2.30. The molecule has 3 aliphatic rings. The summed E-state index contributed by atoms with van der Waals surface area (Å²) < 4.78 is 0. The monoisotopic (exact) mass is 170 g/mol. The first-order valence-corrected chi connectivity index (χ1v) is 5.42. The van der Waals surface area contributed by atoms with Gasteiger partial charge in [0.25, 0.3) is 0 Å². The molecule has 1 heteroatoms. The van der Waals surface area contributed by atoms with Crippen molar-refractivity contribution in [1.29, 1.82) is 0 Å². The van der Waals surface area contributed by atoms with Crippen molar-refractivity contribution in [3.8, 4) is 0 Å². The average molecular weight is 171 g/mol. The molecule has 5 atom stereocenters. The number of hydrogen-bond donors (Lipinski definition) is 0. The van der Waals surface area contributed by atoms with Crippen LogP contribution in [0, 0.1) is 23.7 Å². The minimum Gasteiger partial charge on any atom is -0.123 e. The van der Waals surface area contributed by atoms with Gasteiger partial charge in [-0.15, -0.1) is 11.6 Å². The van der Waals surface area contributed by atoms with Crippen LogP contribution in [0.2, 0.25) is 0 Å². The molecule has 2 bridgehead atoms. The zero-order valence-corrected chi connectivity index (χ0v) is 7.56. The molecule has 0 aliphatic heterocycles. The lowest BCUT2D eigenvalue weighted by molar-refractivity contribution is 0.268. The number of rotatable bonds is 0. The number of fused-ring (bicyclic) bond motifs is 1. The molecule has 0 spiro atoms. The van der Waals surface area contributed by atoms with Crippen molar-refractivity contribution in [2.45, 2.75) is 37.5 Å². The van der Waals surface area contributed by atoms with Gasteiger partial charge in [0, 0.05) is 5.38 Å². The third-order valence-corrected chi connectivity index (χ3v) is 4.79. The van der Waals surface area contributed by atoms with Crippen LogP contribution in [0.5, 0.6) is 0 Å². The summed E-state index contributed by atoms with van der Waals surface area (Å²) in [5.41, 5.74) is 0. The Morgan fingerprint density at radius 1 is 0.909 bits per heavy atom.